The minimum absolute atomic E-state index is 0.0112. The number of carbonyl (C=O) groups is 2. The Morgan fingerprint density at radius 1 is 0.852 bits per heavy atom. The molecule has 0 heterocycles. The molecule has 3 rings (SSSR count). The van der Waals surface area contributed by atoms with E-state index in [1.54, 1.807) is 6.07 Å². The highest BCUT2D eigenvalue weighted by atomic mass is 17.2. The second kappa shape index (κ2) is 6.72. The van der Waals surface area contributed by atoms with Gasteiger partial charge in [-0.05, 0) is 76.8 Å². The van der Waals surface area contributed by atoms with Gasteiger partial charge in [0.25, 0.3) is 0 Å². The molecule has 0 atom stereocenters. The lowest BCUT2D eigenvalue weighted by Crippen LogP contribution is -2.34. The maximum Gasteiger partial charge on any atom is 0.386 e. The van der Waals surface area contributed by atoms with Crippen molar-refractivity contribution in [3.8, 4) is 5.75 Å². The summed E-state index contributed by atoms with van der Waals surface area (Å²) in [5.41, 5.74) is 2.92. The van der Waals surface area contributed by atoms with Crippen molar-refractivity contribution in [3.63, 3.8) is 0 Å². The van der Waals surface area contributed by atoms with Crippen LogP contribution in [0.3, 0.4) is 0 Å². The molecule has 0 radical (unpaired) electrons. The zero-order valence-electron chi connectivity index (χ0n) is 16.0. The molecule has 0 N–H and O–H groups in total. The number of carboxylic acid groups (broad SMARTS) is 1. The normalized spacial score (nSPS) is 16.9. The van der Waals surface area contributed by atoms with Crippen molar-refractivity contribution in [1.29, 1.82) is 0 Å². The first-order valence-corrected chi connectivity index (χ1v) is 8.95. The number of carboxylic acids is 1. The first-order chi connectivity index (χ1) is 12.6. The van der Waals surface area contributed by atoms with Gasteiger partial charge in [-0.1, -0.05) is 33.8 Å². The van der Waals surface area contributed by atoms with E-state index in [2.05, 4.69) is 27.7 Å². The van der Waals surface area contributed by atoms with E-state index in [1.807, 2.05) is 12.1 Å². The second-order valence-corrected chi connectivity index (χ2v) is 8.29. The van der Waals surface area contributed by atoms with Gasteiger partial charge in [0.1, 0.15) is 0 Å². The monoisotopic (exact) mass is 367 g/mol. The Hall–Kier alpha value is -2.82. The Labute approximate surface area is 158 Å². The number of fused-ring (bicyclic) bond motifs is 1. The Kier molecular flexibility index (Phi) is 4.72. The first-order valence-electron chi connectivity index (χ1n) is 8.95. The molecule has 0 bridgehead atoms. The van der Waals surface area contributed by atoms with Gasteiger partial charge in [0.15, 0.2) is 5.75 Å². The highest BCUT2D eigenvalue weighted by Gasteiger charge is 2.37. The zero-order chi connectivity index (χ0) is 19.8. The van der Waals surface area contributed by atoms with Gasteiger partial charge in [-0.2, -0.15) is 0 Å². The fourth-order valence-corrected chi connectivity index (χ4v) is 3.50. The van der Waals surface area contributed by atoms with Crippen LogP contribution in [0.2, 0.25) is 0 Å². The third kappa shape index (κ3) is 3.82. The molecule has 0 saturated heterocycles. The second-order valence-electron chi connectivity index (χ2n) is 8.29. The predicted octanol–water partition coefficient (Wildman–Crippen LogP) is 3.55. The van der Waals surface area contributed by atoms with Gasteiger partial charge in [-0.3, -0.25) is 4.89 Å². The minimum Gasteiger partial charge on any atom is -0.545 e. The molecule has 2 aromatic rings. The average molecular weight is 367 g/mol. The molecular formula is C22H23O5-. The van der Waals surface area contributed by atoms with Gasteiger partial charge in [-0.25, -0.2) is 9.68 Å². The van der Waals surface area contributed by atoms with Gasteiger partial charge in [0.05, 0.1) is 11.5 Å². The molecule has 142 valence electrons. The molecule has 0 unspecified atom stereocenters. The van der Waals surface area contributed by atoms with Gasteiger partial charge in [0, 0.05) is 0 Å². The smallest absolute Gasteiger partial charge is 0.386 e. The van der Waals surface area contributed by atoms with E-state index >= 15 is 0 Å². The average Bonchev–Trinajstić information content (AvgIpc) is 2.63. The Balaban J connectivity index is 1.77. The summed E-state index contributed by atoms with van der Waals surface area (Å²) in [4.78, 5) is 33.1. The lowest BCUT2D eigenvalue weighted by molar-refractivity contribution is -0.255. The van der Waals surface area contributed by atoms with E-state index in [0.717, 1.165) is 18.4 Å². The molecule has 1 aliphatic rings. The van der Waals surface area contributed by atoms with Crippen molar-refractivity contribution >= 4 is 11.9 Å². The van der Waals surface area contributed by atoms with Crippen molar-refractivity contribution < 1.29 is 24.5 Å². The Bertz CT molecular complexity index is 878. The molecular weight excluding hydrogens is 344 g/mol. The summed E-state index contributed by atoms with van der Waals surface area (Å²) in [6, 6.07) is 11.1. The minimum atomic E-state index is -1.28. The topological polar surface area (TPSA) is 75.7 Å². The fraction of sp³-hybridized carbons (Fsp3) is 0.364. The van der Waals surface area contributed by atoms with Crippen LogP contribution < -0.4 is 9.99 Å². The Morgan fingerprint density at radius 3 is 2.00 bits per heavy atom. The van der Waals surface area contributed by atoms with Crippen molar-refractivity contribution in [3.05, 3.63) is 64.7 Å². The van der Waals surface area contributed by atoms with Crippen LogP contribution in [0.25, 0.3) is 0 Å². The summed E-state index contributed by atoms with van der Waals surface area (Å²) in [7, 11) is 0. The lowest BCUT2D eigenvalue weighted by atomic mass is 9.63. The highest BCUT2D eigenvalue weighted by molar-refractivity contribution is 5.89. The number of benzene rings is 2. The van der Waals surface area contributed by atoms with E-state index < -0.39 is 11.9 Å². The molecule has 1 aliphatic carbocycles. The van der Waals surface area contributed by atoms with Crippen LogP contribution in [0, 0.1) is 0 Å². The van der Waals surface area contributed by atoms with E-state index in [9.17, 15) is 14.7 Å². The molecule has 2 aromatic carbocycles. The van der Waals surface area contributed by atoms with Crippen LogP contribution >= 0.6 is 0 Å². The van der Waals surface area contributed by atoms with E-state index in [4.69, 9.17) is 9.78 Å². The SMILES string of the molecule is CC1(C)CCC(C)(C)c2cc(C(=O)OOc3ccc(C(=O)[O-])cc3)ccc21. The van der Waals surface area contributed by atoms with E-state index in [-0.39, 0.29) is 22.1 Å². The quantitative estimate of drug-likeness (QED) is 0.610. The fourth-order valence-electron chi connectivity index (χ4n) is 3.50. The number of carbonyl (C=O) groups excluding carboxylic acids is 2. The summed E-state index contributed by atoms with van der Waals surface area (Å²) < 4.78 is 0. The number of aromatic carboxylic acids is 1. The van der Waals surface area contributed by atoms with Gasteiger partial charge >= 0.3 is 5.97 Å². The molecule has 0 amide bonds. The maximum atomic E-state index is 12.4. The first kappa shape index (κ1) is 19.0. The molecule has 27 heavy (non-hydrogen) atoms. The molecule has 0 fully saturated rings. The van der Waals surface area contributed by atoms with Crippen LogP contribution in [-0.4, -0.2) is 11.9 Å². The molecule has 0 aliphatic heterocycles. The van der Waals surface area contributed by atoms with Gasteiger partial charge < -0.3 is 9.90 Å². The molecule has 5 nitrogen and oxygen atoms in total. The number of hydrogen-bond acceptors (Lipinski definition) is 5. The standard InChI is InChI=1S/C22H24O5/c1-21(2)11-12-22(3,4)18-13-15(7-10-17(18)21)20(25)27-26-16-8-5-14(6-9-16)19(23)24/h5-10,13H,11-12H2,1-4H3,(H,23,24)/p-1. The third-order valence-corrected chi connectivity index (χ3v) is 5.39. The summed E-state index contributed by atoms with van der Waals surface area (Å²) in [6.07, 6.45) is 2.15. The highest BCUT2D eigenvalue weighted by Crippen LogP contribution is 2.45. The summed E-state index contributed by atoms with van der Waals surface area (Å²) in [5.74, 6) is -1.65. The van der Waals surface area contributed by atoms with Gasteiger partial charge in [0.2, 0.25) is 0 Å². The van der Waals surface area contributed by atoms with Crippen LogP contribution in [0.1, 0.15) is 72.4 Å². The van der Waals surface area contributed by atoms with Crippen LogP contribution in [0.15, 0.2) is 42.5 Å². The summed E-state index contributed by atoms with van der Waals surface area (Å²) in [6.45, 7) is 8.81. The predicted molar refractivity (Wildman–Crippen MR) is 98.5 cm³/mol. The molecule has 0 aromatic heterocycles. The molecule has 5 heteroatoms. The number of hydrogen-bond donors (Lipinski definition) is 0. The lowest BCUT2D eigenvalue weighted by Gasteiger charge is -2.41. The van der Waals surface area contributed by atoms with E-state index in [1.165, 1.54) is 29.8 Å². The van der Waals surface area contributed by atoms with Crippen molar-refractivity contribution in [2.45, 2.75) is 51.4 Å². The van der Waals surface area contributed by atoms with Crippen LogP contribution in [-0.2, 0) is 15.7 Å². The van der Waals surface area contributed by atoms with Crippen LogP contribution in [0.4, 0.5) is 0 Å². The summed E-state index contributed by atoms with van der Waals surface area (Å²) in [5, 5.41) is 10.7. The molecule has 0 spiro atoms. The maximum absolute atomic E-state index is 12.4. The molecule has 0 saturated carbocycles. The van der Waals surface area contributed by atoms with Crippen molar-refractivity contribution in [1.82, 2.24) is 0 Å². The van der Waals surface area contributed by atoms with Crippen molar-refractivity contribution in [2.24, 2.45) is 0 Å². The van der Waals surface area contributed by atoms with Gasteiger partial charge in [-0.15, -0.1) is 0 Å². The van der Waals surface area contributed by atoms with E-state index in [0.29, 0.717) is 5.56 Å². The van der Waals surface area contributed by atoms with Crippen molar-refractivity contribution in [2.75, 3.05) is 0 Å². The van der Waals surface area contributed by atoms with Crippen LogP contribution in [0.5, 0.6) is 5.75 Å². The number of rotatable bonds is 4. The largest absolute Gasteiger partial charge is 0.545 e. The zero-order valence-corrected chi connectivity index (χ0v) is 16.0. The summed E-state index contributed by atoms with van der Waals surface area (Å²) >= 11 is 0. The Morgan fingerprint density at radius 2 is 1.41 bits per heavy atom. The third-order valence-electron chi connectivity index (χ3n) is 5.39.